The Hall–Kier alpha value is -3.67. The highest BCUT2D eigenvalue weighted by Gasteiger charge is 2.23. The van der Waals surface area contributed by atoms with Crippen molar-refractivity contribution in [1.82, 2.24) is 0 Å². The van der Waals surface area contributed by atoms with Gasteiger partial charge in [0.15, 0.2) is 5.78 Å². The van der Waals surface area contributed by atoms with E-state index >= 15 is 0 Å². The van der Waals surface area contributed by atoms with Crippen molar-refractivity contribution in [2.24, 2.45) is 0 Å². The number of benzene rings is 3. The van der Waals surface area contributed by atoms with Crippen molar-refractivity contribution in [2.75, 3.05) is 5.73 Å². The number of nitrogens with two attached hydrogens (primary N) is 1. The van der Waals surface area contributed by atoms with Crippen LogP contribution >= 0.6 is 0 Å². The number of hydrogen-bond donors (Lipinski definition) is 3. The molecular weight excluding hydrogens is 322 g/mol. The molecular formula is C19H13NO5. The highest BCUT2D eigenvalue weighted by Crippen LogP contribution is 2.32. The maximum absolute atomic E-state index is 12.7. The van der Waals surface area contributed by atoms with E-state index in [-0.39, 0.29) is 33.2 Å². The first kappa shape index (κ1) is 16.2. The second-order valence-corrected chi connectivity index (χ2v) is 5.42. The van der Waals surface area contributed by atoms with Crippen molar-refractivity contribution in [3.8, 4) is 0 Å². The van der Waals surface area contributed by atoms with Crippen LogP contribution in [-0.4, -0.2) is 27.9 Å². The van der Waals surface area contributed by atoms with E-state index in [4.69, 9.17) is 5.73 Å². The average Bonchev–Trinajstić information content (AvgIpc) is 2.61. The molecule has 0 fully saturated rings. The zero-order valence-electron chi connectivity index (χ0n) is 12.9. The molecule has 3 rings (SSSR count). The molecule has 0 spiro atoms. The molecule has 6 nitrogen and oxygen atoms in total. The number of hydrogen-bond acceptors (Lipinski definition) is 4. The van der Waals surface area contributed by atoms with Crippen molar-refractivity contribution in [2.45, 2.75) is 0 Å². The van der Waals surface area contributed by atoms with Crippen LogP contribution in [0.5, 0.6) is 0 Å². The molecule has 3 aromatic carbocycles. The maximum atomic E-state index is 12.7. The van der Waals surface area contributed by atoms with Gasteiger partial charge in [-0.2, -0.15) is 0 Å². The van der Waals surface area contributed by atoms with E-state index in [0.29, 0.717) is 5.56 Å². The minimum atomic E-state index is -1.33. The fraction of sp³-hybridized carbons (Fsp3) is 0. The molecule has 0 atom stereocenters. The predicted octanol–water partition coefficient (Wildman–Crippen LogP) is 3.05. The second-order valence-electron chi connectivity index (χ2n) is 5.42. The minimum absolute atomic E-state index is 0.00427. The third-order valence-corrected chi connectivity index (χ3v) is 3.94. The predicted molar refractivity (Wildman–Crippen MR) is 92.2 cm³/mol. The van der Waals surface area contributed by atoms with Crippen LogP contribution in [0.25, 0.3) is 10.8 Å². The number of carbonyl (C=O) groups is 3. The van der Waals surface area contributed by atoms with Crippen molar-refractivity contribution < 1.29 is 24.6 Å². The number of aromatic carboxylic acids is 2. The summed E-state index contributed by atoms with van der Waals surface area (Å²) in [4.78, 5) is 35.8. The van der Waals surface area contributed by atoms with Gasteiger partial charge in [-0.25, -0.2) is 9.59 Å². The largest absolute Gasteiger partial charge is 0.478 e. The van der Waals surface area contributed by atoms with Crippen LogP contribution in [0.15, 0.2) is 54.6 Å². The van der Waals surface area contributed by atoms with Gasteiger partial charge in [-0.1, -0.05) is 42.5 Å². The Balaban J connectivity index is 2.37. The lowest BCUT2D eigenvalue weighted by atomic mass is 9.91. The minimum Gasteiger partial charge on any atom is -0.478 e. The van der Waals surface area contributed by atoms with Crippen LogP contribution in [-0.2, 0) is 0 Å². The summed E-state index contributed by atoms with van der Waals surface area (Å²) in [7, 11) is 0. The smallest absolute Gasteiger partial charge is 0.336 e. The number of ketones is 1. The van der Waals surface area contributed by atoms with Gasteiger partial charge in [0.25, 0.3) is 0 Å². The molecule has 0 bridgehead atoms. The molecule has 6 heteroatoms. The number of anilines is 1. The Bertz CT molecular complexity index is 1020. The summed E-state index contributed by atoms with van der Waals surface area (Å²) in [6, 6.07) is 13.7. The van der Waals surface area contributed by atoms with Crippen molar-refractivity contribution in [1.29, 1.82) is 0 Å². The van der Waals surface area contributed by atoms with Gasteiger partial charge >= 0.3 is 11.9 Å². The number of nitrogen functional groups attached to an aromatic ring is 1. The highest BCUT2D eigenvalue weighted by molar-refractivity contribution is 6.22. The van der Waals surface area contributed by atoms with Gasteiger partial charge in [-0.3, -0.25) is 4.79 Å². The van der Waals surface area contributed by atoms with Crippen LogP contribution in [0.1, 0.15) is 36.6 Å². The molecule has 25 heavy (non-hydrogen) atoms. The molecule has 0 amide bonds. The zero-order valence-corrected chi connectivity index (χ0v) is 12.9. The fourth-order valence-electron chi connectivity index (χ4n) is 2.79. The van der Waals surface area contributed by atoms with Gasteiger partial charge in [-0.05, 0) is 12.1 Å². The third-order valence-electron chi connectivity index (χ3n) is 3.94. The molecule has 124 valence electrons. The van der Waals surface area contributed by atoms with Gasteiger partial charge in [0.2, 0.25) is 0 Å². The van der Waals surface area contributed by atoms with Crippen LogP contribution in [0, 0.1) is 0 Å². The standard InChI is InChI=1S/C19H13NO5/c20-16-11-7-4-8-12(18(22)23)15(11)13(19(24)25)9-14(16)17(21)10-5-2-1-3-6-10/h1-9H,20H2,(H,22,23)(H,24,25). The average molecular weight is 335 g/mol. The first-order valence-corrected chi connectivity index (χ1v) is 7.33. The molecule has 0 saturated carbocycles. The van der Waals surface area contributed by atoms with Gasteiger partial charge in [0, 0.05) is 21.9 Å². The van der Waals surface area contributed by atoms with E-state index in [1.54, 1.807) is 30.3 Å². The Morgan fingerprint density at radius 3 is 2.00 bits per heavy atom. The van der Waals surface area contributed by atoms with E-state index in [9.17, 15) is 24.6 Å². The molecule has 0 aliphatic carbocycles. The molecule has 0 heterocycles. The maximum Gasteiger partial charge on any atom is 0.336 e. The van der Waals surface area contributed by atoms with E-state index in [1.807, 2.05) is 0 Å². The molecule has 0 aliphatic rings. The van der Waals surface area contributed by atoms with E-state index in [1.165, 1.54) is 18.2 Å². The topological polar surface area (TPSA) is 118 Å². The fourth-order valence-corrected chi connectivity index (χ4v) is 2.79. The van der Waals surface area contributed by atoms with E-state index in [2.05, 4.69) is 0 Å². The van der Waals surface area contributed by atoms with Crippen LogP contribution in [0.2, 0.25) is 0 Å². The molecule has 0 unspecified atom stereocenters. The molecule has 4 N–H and O–H groups in total. The normalized spacial score (nSPS) is 10.6. The van der Waals surface area contributed by atoms with Crippen molar-refractivity contribution in [3.63, 3.8) is 0 Å². The number of fused-ring (bicyclic) bond motifs is 1. The lowest BCUT2D eigenvalue weighted by Gasteiger charge is -2.13. The SMILES string of the molecule is Nc1c(C(=O)c2ccccc2)cc(C(=O)O)c2c(C(=O)O)cccc12. The van der Waals surface area contributed by atoms with Crippen LogP contribution < -0.4 is 5.73 Å². The monoisotopic (exact) mass is 335 g/mol. The lowest BCUT2D eigenvalue weighted by Crippen LogP contribution is -2.11. The first-order valence-electron chi connectivity index (χ1n) is 7.33. The zero-order chi connectivity index (χ0) is 18.1. The quantitative estimate of drug-likeness (QED) is 0.498. The van der Waals surface area contributed by atoms with Gasteiger partial charge in [-0.15, -0.1) is 0 Å². The van der Waals surface area contributed by atoms with Gasteiger partial charge in [0.05, 0.1) is 16.8 Å². The van der Waals surface area contributed by atoms with E-state index in [0.717, 1.165) is 6.07 Å². The van der Waals surface area contributed by atoms with Crippen molar-refractivity contribution in [3.05, 3.63) is 76.9 Å². The molecule has 0 aliphatic heterocycles. The van der Waals surface area contributed by atoms with Crippen LogP contribution in [0.3, 0.4) is 0 Å². The number of carboxylic acids is 2. The van der Waals surface area contributed by atoms with Gasteiger partial charge in [0.1, 0.15) is 0 Å². The summed E-state index contributed by atoms with van der Waals surface area (Å²) < 4.78 is 0. The summed E-state index contributed by atoms with van der Waals surface area (Å²) in [6.45, 7) is 0. The highest BCUT2D eigenvalue weighted by atomic mass is 16.4. The number of carboxylic acid groups (broad SMARTS) is 2. The Morgan fingerprint density at radius 2 is 1.40 bits per heavy atom. The summed E-state index contributed by atoms with van der Waals surface area (Å²) in [5, 5.41) is 19.1. The number of carbonyl (C=O) groups excluding carboxylic acids is 1. The van der Waals surface area contributed by atoms with Crippen LogP contribution in [0.4, 0.5) is 5.69 Å². The molecule has 0 aromatic heterocycles. The molecule has 0 radical (unpaired) electrons. The second kappa shape index (κ2) is 6.09. The summed E-state index contributed by atoms with van der Waals surface area (Å²) in [6.07, 6.45) is 0. The van der Waals surface area contributed by atoms with E-state index < -0.39 is 17.7 Å². The Labute approximate surface area is 142 Å². The number of rotatable bonds is 4. The van der Waals surface area contributed by atoms with Crippen molar-refractivity contribution >= 4 is 34.2 Å². The summed E-state index contributed by atoms with van der Waals surface area (Å²) in [5.41, 5.74) is 6.07. The Morgan fingerprint density at radius 1 is 0.760 bits per heavy atom. The van der Waals surface area contributed by atoms with Gasteiger partial charge < -0.3 is 15.9 Å². The summed E-state index contributed by atoms with van der Waals surface area (Å²) >= 11 is 0. The summed E-state index contributed by atoms with van der Waals surface area (Å²) in [5.74, 6) is -3.03. The lowest BCUT2D eigenvalue weighted by molar-refractivity contribution is 0.0695. The molecule has 0 saturated heterocycles. The Kier molecular flexibility index (Phi) is 3.94. The third kappa shape index (κ3) is 2.70. The molecule has 3 aromatic rings. The first-order chi connectivity index (χ1) is 11.9.